The van der Waals surface area contributed by atoms with Crippen molar-refractivity contribution in [1.29, 1.82) is 0 Å². The van der Waals surface area contributed by atoms with Crippen LogP contribution < -0.4 is 14.8 Å². The average molecular weight is 394 g/mol. The van der Waals surface area contributed by atoms with Crippen LogP contribution in [-0.2, 0) is 0 Å². The van der Waals surface area contributed by atoms with Crippen LogP contribution in [0.3, 0.4) is 0 Å². The molecule has 1 N–H and O–H groups in total. The summed E-state index contributed by atoms with van der Waals surface area (Å²) in [6, 6.07) is 9.62. The van der Waals surface area contributed by atoms with Crippen molar-refractivity contribution >= 4 is 35.1 Å². The van der Waals surface area contributed by atoms with Crippen molar-refractivity contribution in [3.05, 3.63) is 52.0 Å². The van der Waals surface area contributed by atoms with Gasteiger partial charge >= 0.3 is 6.01 Å². The summed E-state index contributed by atoms with van der Waals surface area (Å²) in [5, 5.41) is 10.9. The van der Waals surface area contributed by atoms with Crippen LogP contribution >= 0.6 is 23.2 Å². The highest BCUT2D eigenvalue weighted by molar-refractivity contribution is 6.36. The molecule has 9 heteroatoms. The van der Waals surface area contributed by atoms with Gasteiger partial charge in [0.1, 0.15) is 0 Å². The van der Waals surface area contributed by atoms with E-state index in [1.54, 1.807) is 31.4 Å². The van der Waals surface area contributed by atoms with E-state index in [2.05, 4.69) is 15.5 Å². The first-order valence-electron chi connectivity index (χ1n) is 7.34. The van der Waals surface area contributed by atoms with Gasteiger partial charge in [0.15, 0.2) is 11.5 Å². The van der Waals surface area contributed by atoms with Crippen LogP contribution in [0.15, 0.2) is 40.8 Å². The molecule has 1 heterocycles. The van der Waals surface area contributed by atoms with Gasteiger partial charge in [-0.05, 0) is 36.4 Å². The fourth-order valence-corrected chi connectivity index (χ4v) is 2.57. The smallest absolute Gasteiger partial charge is 0.322 e. The predicted molar refractivity (Wildman–Crippen MR) is 97.3 cm³/mol. The third-order valence-electron chi connectivity index (χ3n) is 3.45. The Hall–Kier alpha value is -2.77. The lowest BCUT2D eigenvalue weighted by Crippen LogP contribution is -2.12. The molecule has 2 aromatic carbocycles. The number of aromatic nitrogens is 2. The number of hydrogen-bond donors (Lipinski definition) is 1. The molecule has 0 aliphatic rings. The molecule has 0 unspecified atom stereocenters. The fourth-order valence-electron chi connectivity index (χ4n) is 2.20. The molecule has 7 nitrogen and oxygen atoms in total. The maximum atomic E-state index is 12.3. The summed E-state index contributed by atoms with van der Waals surface area (Å²) in [7, 11) is 3.06. The standard InChI is InChI=1S/C17H13Cl2N3O4/c1-24-13-6-3-9(7-14(13)25-2)16-21-22-17(26-16)20-15(23)11-8-10(18)4-5-12(11)19/h3-8H,1-2H3,(H,20,22,23). The van der Waals surface area contributed by atoms with Gasteiger partial charge in [0.05, 0.1) is 24.8 Å². The van der Waals surface area contributed by atoms with Gasteiger partial charge in [0, 0.05) is 10.6 Å². The van der Waals surface area contributed by atoms with Gasteiger partial charge in [0.2, 0.25) is 5.89 Å². The fraction of sp³-hybridized carbons (Fsp3) is 0.118. The van der Waals surface area contributed by atoms with E-state index in [-0.39, 0.29) is 22.5 Å². The number of nitrogens with zero attached hydrogens (tertiary/aromatic N) is 2. The molecule has 0 saturated heterocycles. The van der Waals surface area contributed by atoms with E-state index in [4.69, 9.17) is 37.1 Å². The summed E-state index contributed by atoms with van der Waals surface area (Å²) >= 11 is 11.9. The van der Waals surface area contributed by atoms with E-state index < -0.39 is 5.91 Å². The van der Waals surface area contributed by atoms with Gasteiger partial charge in [0.25, 0.3) is 5.91 Å². The first-order chi connectivity index (χ1) is 12.5. The Morgan fingerprint density at radius 2 is 1.81 bits per heavy atom. The lowest BCUT2D eigenvalue weighted by molar-refractivity contribution is 0.102. The second-order valence-electron chi connectivity index (χ2n) is 5.06. The van der Waals surface area contributed by atoms with Crippen LogP contribution in [0.4, 0.5) is 6.01 Å². The molecule has 0 atom stereocenters. The Kier molecular flexibility index (Phi) is 5.29. The number of carbonyl (C=O) groups is 1. The lowest BCUT2D eigenvalue weighted by Gasteiger charge is -2.07. The van der Waals surface area contributed by atoms with Crippen molar-refractivity contribution in [2.45, 2.75) is 0 Å². The minimum Gasteiger partial charge on any atom is -0.493 e. The van der Waals surface area contributed by atoms with E-state index in [1.807, 2.05) is 0 Å². The van der Waals surface area contributed by atoms with Crippen molar-refractivity contribution in [3.8, 4) is 23.0 Å². The first kappa shape index (κ1) is 18.0. The van der Waals surface area contributed by atoms with Crippen LogP contribution in [0.2, 0.25) is 10.0 Å². The molecule has 0 aliphatic carbocycles. The minimum atomic E-state index is -0.514. The van der Waals surface area contributed by atoms with Crippen LogP contribution in [0.5, 0.6) is 11.5 Å². The van der Waals surface area contributed by atoms with Crippen LogP contribution in [0.1, 0.15) is 10.4 Å². The number of amides is 1. The number of methoxy groups -OCH3 is 2. The van der Waals surface area contributed by atoms with E-state index >= 15 is 0 Å². The topological polar surface area (TPSA) is 86.5 Å². The zero-order chi connectivity index (χ0) is 18.7. The molecule has 1 amide bonds. The predicted octanol–water partition coefficient (Wildman–Crippen LogP) is 4.31. The minimum absolute atomic E-state index is 0.0733. The molecular formula is C17H13Cl2N3O4. The number of hydrogen-bond acceptors (Lipinski definition) is 6. The molecule has 0 fully saturated rings. The van der Waals surface area contributed by atoms with Gasteiger partial charge in [-0.3, -0.25) is 10.1 Å². The van der Waals surface area contributed by atoms with Crippen molar-refractivity contribution < 1.29 is 18.7 Å². The summed E-state index contributed by atoms with van der Waals surface area (Å²) in [5.74, 6) is 0.776. The zero-order valence-electron chi connectivity index (χ0n) is 13.7. The highest BCUT2D eigenvalue weighted by atomic mass is 35.5. The van der Waals surface area contributed by atoms with Gasteiger partial charge in [-0.25, -0.2) is 0 Å². The van der Waals surface area contributed by atoms with E-state index in [0.717, 1.165) is 0 Å². The maximum Gasteiger partial charge on any atom is 0.322 e. The molecule has 134 valence electrons. The van der Waals surface area contributed by atoms with E-state index in [9.17, 15) is 4.79 Å². The summed E-state index contributed by atoms with van der Waals surface area (Å²) < 4.78 is 15.9. The number of ether oxygens (including phenoxy) is 2. The Labute approximate surface area is 158 Å². The van der Waals surface area contributed by atoms with Crippen molar-refractivity contribution in [1.82, 2.24) is 10.2 Å². The largest absolute Gasteiger partial charge is 0.493 e. The summed E-state index contributed by atoms with van der Waals surface area (Å²) in [4.78, 5) is 12.3. The van der Waals surface area contributed by atoms with Crippen molar-refractivity contribution in [2.75, 3.05) is 19.5 Å². The molecule has 3 rings (SSSR count). The normalized spacial score (nSPS) is 10.5. The summed E-state index contributed by atoms with van der Waals surface area (Å²) in [6.45, 7) is 0. The summed E-state index contributed by atoms with van der Waals surface area (Å²) in [5.41, 5.74) is 0.807. The highest BCUT2D eigenvalue weighted by Gasteiger charge is 2.16. The molecular weight excluding hydrogens is 381 g/mol. The average Bonchev–Trinajstić information content (AvgIpc) is 3.11. The second-order valence-corrected chi connectivity index (χ2v) is 5.90. The quantitative estimate of drug-likeness (QED) is 0.694. The molecule has 0 spiro atoms. The zero-order valence-corrected chi connectivity index (χ0v) is 15.3. The van der Waals surface area contributed by atoms with Crippen LogP contribution in [-0.4, -0.2) is 30.3 Å². The molecule has 1 aromatic heterocycles. The van der Waals surface area contributed by atoms with Crippen molar-refractivity contribution in [2.24, 2.45) is 0 Å². The first-order valence-corrected chi connectivity index (χ1v) is 8.09. The number of rotatable bonds is 5. The monoisotopic (exact) mass is 393 g/mol. The summed E-state index contributed by atoms with van der Waals surface area (Å²) in [6.07, 6.45) is 0. The number of nitrogens with one attached hydrogen (secondary N) is 1. The molecule has 0 radical (unpaired) electrons. The Bertz CT molecular complexity index is 959. The third kappa shape index (κ3) is 3.74. The van der Waals surface area contributed by atoms with E-state index in [1.165, 1.54) is 19.2 Å². The number of carbonyl (C=O) groups excluding carboxylic acids is 1. The Balaban J connectivity index is 1.82. The number of halogens is 2. The van der Waals surface area contributed by atoms with Gasteiger partial charge in [-0.2, -0.15) is 0 Å². The Morgan fingerprint density at radius 1 is 1.04 bits per heavy atom. The third-order valence-corrected chi connectivity index (χ3v) is 4.01. The SMILES string of the molecule is COc1ccc(-c2nnc(NC(=O)c3cc(Cl)ccc3Cl)o2)cc1OC. The molecule has 26 heavy (non-hydrogen) atoms. The maximum absolute atomic E-state index is 12.3. The Morgan fingerprint density at radius 3 is 2.54 bits per heavy atom. The molecule has 0 saturated carbocycles. The van der Waals surface area contributed by atoms with Gasteiger partial charge in [-0.1, -0.05) is 28.3 Å². The second kappa shape index (κ2) is 7.63. The molecule has 3 aromatic rings. The lowest BCUT2D eigenvalue weighted by atomic mass is 10.2. The van der Waals surface area contributed by atoms with Gasteiger partial charge in [-0.15, -0.1) is 5.10 Å². The highest BCUT2D eigenvalue weighted by Crippen LogP contribution is 2.32. The molecule has 0 aliphatic heterocycles. The molecule has 0 bridgehead atoms. The number of benzene rings is 2. The van der Waals surface area contributed by atoms with Crippen molar-refractivity contribution in [3.63, 3.8) is 0 Å². The van der Waals surface area contributed by atoms with Gasteiger partial charge < -0.3 is 13.9 Å². The number of anilines is 1. The van der Waals surface area contributed by atoms with Crippen LogP contribution in [0, 0.1) is 0 Å². The van der Waals surface area contributed by atoms with Crippen LogP contribution in [0.25, 0.3) is 11.5 Å². The van der Waals surface area contributed by atoms with E-state index in [0.29, 0.717) is 22.1 Å².